The van der Waals surface area contributed by atoms with Crippen molar-refractivity contribution in [2.45, 2.75) is 64.9 Å². The van der Waals surface area contributed by atoms with Gasteiger partial charge in [-0.3, -0.25) is 0 Å². The van der Waals surface area contributed by atoms with Gasteiger partial charge in [0.1, 0.15) is 0 Å². The van der Waals surface area contributed by atoms with Crippen molar-refractivity contribution in [2.24, 2.45) is 0 Å². The van der Waals surface area contributed by atoms with Gasteiger partial charge in [-0.15, -0.1) is 0 Å². The van der Waals surface area contributed by atoms with Crippen LogP contribution in [0.15, 0.2) is 0 Å². The Morgan fingerprint density at radius 1 is 0.941 bits per heavy atom. The third-order valence-corrected chi connectivity index (χ3v) is 3.03. The predicted molar refractivity (Wildman–Crippen MR) is 71.3 cm³/mol. The normalized spacial score (nSPS) is 12.0. The lowest BCUT2D eigenvalue weighted by Crippen LogP contribution is -2.30. The van der Waals surface area contributed by atoms with Crippen LogP contribution < -0.4 is 0 Å². The first-order valence-electron chi connectivity index (χ1n) is 7.01. The lowest BCUT2D eigenvalue weighted by atomic mass is 9.93. The van der Waals surface area contributed by atoms with E-state index in [1.165, 1.54) is 25.7 Å². The van der Waals surface area contributed by atoms with Crippen molar-refractivity contribution in [3.63, 3.8) is 0 Å². The molecule has 0 bridgehead atoms. The van der Waals surface area contributed by atoms with Crippen molar-refractivity contribution in [3.05, 3.63) is 0 Å². The number of ether oxygens (including phenoxy) is 2. The van der Waals surface area contributed by atoms with Gasteiger partial charge in [-0.2, -0.15) is 0 Å². The molecule has 0 saturated carbocycles. The first-order chi connectivity index (χ1) is 8.18. The Labute approximate surface area is 107 Å². The minimum absolute atomic E-state index is 0.00853. The highest BCUT2D eigenvalue weighted by Crippen LogP contribution is 2.25. The molecular formula is C14H30O3. The Morgan fingerprint density at radius 3 is 2.00 bits per heavy atom. The van der Waals surface area contributed by atoms with E-state index in [1.54, 1.807) is 0 Å². The topological polar surface area (TPSA) is 38.7 Å². The van der Waals surface area contributed by atoms with E-state index in [-0.39, 0.29) is 12.2 Å². The first kappa shape index (κ1) is 16.9. The number of unbranched alkanes of at least 4 members (excludes halogenated alkanes) is 2. The molecule has 0 saturated heterocycles. The number of hydrogen-bond donors (Lipinski definition) is 1. The molecule has 0 aliphatic carbocycles. The second-order valence-electron chi connectivity index (χ2n) is 4.84. The van der Waals surface area contributed by atoms with Crippen LogP contribution in [-0.4, -0.2) is 37.1 Å². The minimum Gasteiger partial charge on any atom is -0.394 e. The lowest BCUT2D eigenvalue weighted by Gasteiger charge is -2.30. The molecule has 0 aromatic heterocycles. The molecule has 0 aromatic carbocycles. The monoisotopic (exact) mass is 246 g/mol. The molecule has 0 aliphatic heterocycles. The van der Waals surface area contributed by atoms with Crippen LogP contribution in [0.25, 0.3) is 0 Å². The molecule has 3 nitrogen and oxygen atoms in total. The first-order valence-corrected chi connectivity index (χ1v) is 7.01. The Kier molecular flexibility index (Phi) is 10.9. The van der Waals surface area contributed by atoms with Gasteiger partial charge in [0.25, 0.3) is 0 Å². The van der Waals surface area contributed by atoms with Gasteiger partial charge >= 0.3 is 0 Å². The van der Waals surface area contributed by atoms with Crippen molar-refractivity contribution < 1.29 is 14.6 Å². The third kappa shape index (κ3) is 9.57. The van der Waals surface area contributed by atoms with Crippen LogP contribution >= 0.6 is 0 Å². The van der Waals surface area contributed by atoms with Gasteiger partial charge in [-0.1, -0.05) is 39.5 Å². The summed E-state index contributed by atoms with van der Waals surface area (Å²) in [6.07, 6.45) is 7.13. The smallest absolute Gasteiger partial charge is 0.0707 e. The average molecular weight is 246 g/mol. The van der Waals surface area contributed by atoms with Gasteiger partial charge in [-0.05, 0) is 19.8 Å². The molecule has 0 spiro atoms. The summed E-state index contributed by atoms with van der Waals surface area (Å²) in [5.41, 5.74) is 0.00853. The second kappa shape index (κ2) is 11.0. The summed E-state index contributed by atoms with van der Waals surface area (Å²) in [5, 5.41) is 8.59. The molecule has 0 amide bonds. The summed E-state index contributed by atoms with van der Waals surface area (Å²) in [6.45, 7) is 8.34. The summed E-state index contributed by atoms with van der Waals surface area (Å²) >= 11 is 0. The third-order valence-electron chi connectivity index (χ3n) is 3.03. The van der Waals surface area contributed by atoms with E-state index in [1.807, 2.05) is 0 Å². The Morgan fingerprint density at radius 2 is 1.53 bits per heavy atom. The van der Waals surface area contributed by atoms with Gasteiger partial charge in [0.15, 0.2) is 0 Å². The van der Waals surface area contributed by atoms with Crippen LogP contribution in [0.3, 0.4) is 0 Å². The fourth-order valence-corrected chi connectivity index (χ4v) is 1.88. The molecule has 0 rings (SSSR count). The molecule has 17 heavy (non-hydrogen) atoms. The van der Waals surface area contributed by atoms with Crippen LogP contribution in [0.4, 0.5) is 0 Å². The van der Waals surface area contributed by atoms with Crippen molar-refractivity contribution in [3.8, 4) is 0 Å². The SMILES string of the molecule is CCCCC(C)(CCCC)OCCOCCO. The molecule has 0 fully saturated rings. The van der Waals surface area contributed by atoms with Crippen LogP contribution in [0.2, 0.25) is 0 Å². The maximum Gasteiger partial charge on any atom is 0.0707 e. The quantitative estimate of drug-likeness (QED) is 0.538. The summed E-state index contributed by atoms with van der Waals surface area (Å²) in [6, 6.07) is 0. The summed E-state index contributed by atoms with van der Waals surface area (Å²) in [5.74, 6) is 0. The van der Waals surface area contributed by atoms with Crippen LogP contribution in [0, 0.1) is 0 Å². The van der Waals surface area contributed by atoms with Gasteiger partial charge in [0.2, 0.25) is 0 Å². The van der Waals surface area contributed by atoms with Gasteiger partial charge in [0.05, 0.1) is 32.0 Å². The highest BCUT2D eigenvalue weighted by molar-refractivity contribution is 4.75. The summed E-state index contributed by atoms with van der Waals surface area (Å²) in [4.78, 5) is 0. The molecular weight excluding hydrogens is 216 g/mol. The lowest BCUT2D eigenvalue weighted by molar-refractivity contribution is -0.0701. The zero-order chi connectivity index (χ0) is 13.0. The van der Waals surface area contributed by atoms with Gasteiger partial charge < -0.3 is 14.6 Å². The van der Waals surface area contributed by atoms with E-state index in [0.717, 1.165) is 12.8 Å². The fourth-order valence-electron chi connectivity index (χ4n) is 1.88. The molecule has 0 heterocycles. The molecule has 0 radical (unpaired) electrons. The average Bonchev–Trinajstić information content (AvgIpc) is 2.34. The fraction of sp³-hybridized carbons (Fsp3) is 1.00. The van der Waals surface area contributed by atoms with Crippen LogP contribution in [-0.2, 0) is 9.47 Å². The predicted octanol–water partition coefficient (Wildman–Crippen LogP) is 3.15. The van der Waals surface area contributed by atoms with E-state index in [2.05, 4.69) is 20.8 Å². The van der Waals surface area contributed by atoms with Crippen LogP contribution in [0.5, 0.6) is 0 Å². The number of hydrogen-bond acceptors (Lipinski definition) is 3. The maximum atomic E-state index is 8.59. The Hall–Kier alpha value is -0.120. The van der Waals surface area contributed by atoms with E-state index in [4.69, 9.17) is 14.6 Å². The highest BCUT2D eigenvalue weighted by atomic mass is 16.5. The second-order valence-corrected chi connectivity index (χ2v) is 4.84. The highest BCUT2D eigenvalue weighted by Gasteiger charge is 2.23. The van der Waals surface area contributed by atoms with Crippen LogP contribution in [0.1, 0.15) is 59.3 Å². The van der Waals surface area contributed by atoms with E-state index in [0.29, 0.717) is 19.8 Å². The van der Waals surface area contributed by atoms with Gasteiger partial charge in [-0.25, -0.2) is 0 Å². The molecule has 0 unspecified atom stereocenters. The minimum atomic E-state index is 0.00853. The number of aliphatic hydroxyl groups is 1. The van der Waals surface area contributed by atoms with E-state index >= 15 is 0 Å². The van der Waals surface area contributed by atoms with Crippen molar-refractivity contribution in [1.82, 2.24) is 0 Å². The van der Waals surface area contributed by atoms with Crippen molar-refractivity contribution in [1.29, 1.82) is 0 Å². The van der Waals surface area contributed by atoms with Crippen molar-refractivity contribution >= 4 is 0 Å². The molecule has 3 heteroatoms. The molecule has 104 valence electrons. The zero-order valence-electron chi connectivity index (χ0n) is 11.8. The van der Waals surface area contributed by atoms with Crippen molar-refractivity contribution in [2.75, 3.05) is 26.4 Å². The molecule has 1 N–H and O–H groups in total. The maximum absolute atomic E-state index is 8.59. The Bertz CT molecular complexity index is 152. The summed E-state index contributed by atoms with van der Waals surface area (Å²) < 4.78 is 11.2. The molecule has 0 aromatic rings. The van der Waals surface area contributed by atoms with Gasteiger partial charge in [0, 0.05) is 0 Å². The number of aliphatic hydroxyl groups excluding tert-OH is 1. The molecule has 0 atom stereocenters. The Balaban J connectivity index is 3.82. The zero-order valence-corrected chi connectivity index (χ0v) is 11.8. The number of rotatable bonds is 12. The van der Waals surface area contributed by atoms with E-state index < -0.39 is 0 Å². The molecule has 0 aliphatic rings. The van der Waals surface area contributed by atoms with E-state index in [9.17, 15) is 0 Å². The largest absolute Gasteiger partial charge is 0.394 e. The standard InChI is InChI=1S/C14H30O3/c1-4-6-8-14(3,9-7-5-2)17-13-12-16-11-10-15/h15H,4-13H2,1-3H3. The summed E-state index contributed by atoms with van der Waals surface area (Å²) in [7, 11) is 0.